The van der Waals surface area contributed by atoms with E-state index in [1.54, 1.807) is 12.4 Å². The van der Waals surface area contributed by atoms with Gasteiger partial charge in [0.15, 0.2) is 6.71 Å². The van der Waals surface area contributed by atoms with Crippen LogP contribution in [0.2, 0.25) is 13.6 Å². The van der Waals surface area contributed by atoms with Crippen LogP contribution in [0.1, 0.15) is 54.4 Å². The second kappa shape index (κ2) is 23.7. The van der Waals surface area contributed by atoms with E-state index in [1.165, 1.54) is 11.9 Å². The maximum absolute atomic E-state index is 3.53. The molecule has 21 heavy (non-hydrogen) atoms. The van der Waals surface area contributed by atoms with E-state index in [0.29, 0.717) is 6.71 Å². The Hall–Kier alpha value is -1.38. The highest BCUT2D eigenvalue weighted by Gasteiger charge is 1.98. The van der Waals surface area contributed by atoms with Crippen LogP contribution < -0.4 is 5.46 Å². The summed E-state index contributed by atoms with van der Waals surface area (Å²) in [6, 6.07) is 10.5. The molecular weight excluding hydrogens is 255 g/mol. The first-order chi connectivity index (χ1) is 10.2. The van der Waals surface area contributed by atoms with Gasteiger partial charge in [0, 0.05) is 18.9 Å². The largest absolute Gasteiger partial charge is 0.169 e. The van der Waals surface area contributed by atoms with Crippen LogP contribution in [-0.4, -0.2) is 19.1 Å². The van der Waals surface area contributed by atoms with Crippen molar-refractivity contribution in [1.82, 2.24) is 0 Å². The summed E-state index contributed by atoms with van der Waals surface area (Å²) in [5.41, 5.74) is 1.41. The van der Waals surface area contributed by atoms with Gasteiger partial charge >= 0.3 is 0 Å². The minimum Gasteiger partial charge on any atom is -0.164 e. The standard InChI is InChI=1S/C8H11B.C3H4N2.C3H8.2C2H6/c1-9(2)8-6-4-3-5-7-8;1-2-4-5-3-1;1-3-2;2*1-2/h3-7H,1-2H3;2-3H,1H2;3H2,1-2H3;2*1-2H3. The van der Waals surface area contributed by atoms with Crippen molar-refractivity contribution in [3.63, 3.8) is 0 Å². The molecule has 3 heteroatoms. The molecule has 1 aromatic carbocycles. The topological polar surface area (TPSA) is 24.7 Å². The minimum absolute atomic E-state index is 0.659. The van der Waals surface area contributed by atoms with Crippen molar-refractivity contribution in [2.45, 2.75) is 68.0 Å². The summed E-state index contributed by atoms with van der Waals surface area (Å²) in [5.74, 6) is 0. The van der Waals surface area contributed by atoms with E-state index in [2.05, 4.69) is 62.0 Å². The van der Waals surface area contributed by atoms with Gasteiger partial charge < -0.3 is 0 Å². The van der Waals surface area contributed by atoms with Crippen molar-refractivity contribution >= 4 is 24.6 Å². The van der Waals surface area contributed by atoms with Crippen molar-refractivity contribution in [2.24, 2.45) is 10.2 Å². The molecule has 1 aromatic rings. The molecule has 2 rings (SSSR count). The third-order valence-electron chi connectivity index (χ3n) is 1.91. The summed E-state index contributed by atoms with van der Waals surface area (Å²) >= 11 is 0. The Kier molecular flexibility index (Phi) is 27.8. The summed E-state index contributed by atoms with van der Waals surface area (Å²) in [7, 11) is 0. The smallest absolute Gasteiger partial charge is 0.164 e. The fourth-order valence-electron chi connectivity index (χ4n) is 1.07. The second-order valence-electron chi connectivity index (χ2n) is 4.10. The van der Waals surface area contributed by atoms with Crippen molar-refractivity contribution in [3.05, 3.63) is 30.3 Å². The van der Waals surface area contributed by atoms with E-state index in [9.17, 15) is 0 Å². The molecule has 0 unspecified atom stereocenters. The predicted octanol–water partition coefficient (Wildman–Crippen LogP) is 5.56. The van der Waals surface area contributed by atoms with Crippen LogP contribution in [0.4, 0.5) is 0 Å². The first-order valence-electron chi connectivity index (χ1n) is 8.30. The first-order valence-corrected chi connectivity index (χ1v) is 8.30. The van der Waals surface area contributed by atoms with Gasteiger partial charge in [0.1, 0.15) is 0 Å². The SMILES string of the molecule is C1=NN=CC1.CB(C)c1ccccc1.CC.CC.CCC. The molecule has 120 valence electrons. The molecule has 0 saturated carbocycles. The van der Waals surface area contributed by atoms with E-state index < -0.39 is 0 Å². The Morgan fingerprint density at radius 3 is 1.43 bits per heavy atom. The fraction of sp³-hybridized carbons (Fsp3) is 0.556. The van der Waals surface area contributed by atoms with E-state index in [0.717, 1.165) is 6.42 Å². The molecule has 0 amide bonds. The Bertz CT molecular complexity index is 309. The molecule has 0 saturated heterocycles. The van der Waals surface area contributed by atoms with E-state index >= 15 is 0 Å². The van der Waals surface area contributed by atoms with Crippen molar-refractivity contribution in [2.75, 3.05) is 0 Å². The average molecular weight is 290 g/mol. The Morgan fingerprint density at radius 2 is 1.24 bits per heavy atom. The van der Waals surface area contributed by atoms with Crippen LogP contribution in [0.3, 0.4) is 0 Å². The zero-order valence-corrected chi connectivity index (χ0v) is 15.4. The highest BCUT2D eigenvalue weighted by atomic mass is 15.2. The van der Waals surface area contributed by atoms with Crippen LogP contribution in [0.25, 0.3) is 0 Å². The summed E-state index contributed by atoms with van der Waals surface area (Å²) in [4.78, 5) is 0. The van der Waals surface area contributed by atoms with Crippen LogP contribution in [0, 0.1) is 0 Å². The van der Waals surface area contributed by atoms with E-state index in [4.69, 9.17) is 0 Å². The summed E-state index contributed by atoms with van der Waals surface area (Å²) in [5, 5.41) is 7.06. The van der Waals surface area contributed by atoms with Gasteiger partial charge in [-0.1, -0.05) is 97.4 Å². The zero-order chi connectivity index (χ0) is 16.9. The molecule has 0 spiro atoms. The molecule has 2 nitrogen and oxygen atoms in total. The fourth-order valence-corrected chi connectivity index (χ4v) is 1.07. The lowest BCUT2D eigenvalue weighted by Gasteiger charge is -1.98. The maximum Gasteiger partial charge on any atom is 0.169 e. The van der Waals surface area contributed by atoms with Gasteiger partial charge in [-0.05, 0) is 0 Å². The molecule has 1 aliphatic heterocycles. The molecule has 0 atom stereocenters. The summed E-state index contributed by atoms with van der Waals surface area (Å²) in [6.45, 7) is 17.3. The molecule has 0 radical (unpaired) electrons. The van der Waals surface area contributed by atoms with Crippen LogP contribution in [-0.2, 0) is 0 Å². The normalized spacial score (nSPS) is 9.52. The molecule has 1 aliphatic rings. The van der Waals surface area contributed by atoms with Crippen molar-refractivity contribution < 1.29 is 0 Å². The number of hydrogen-bond acceptors (Lipinski definition) is 2. The van der Waals surface area contributed by atoms with Crippen LogP contribution in [0.15, 0.2) is 40.5 Å². The Morgan fingerprint density at radius 1 is 0.857 bits per heavy atom. The molecule has 0 aromatic heterocycles. The van der Waals surface area contributed by atoms with Gasteiger partial charge in [-0.3, -0.25) is 0 Å². The van der Waals surface area contributed by atoms with E-state index in [-0.39, 0.29) is 0 Å². The van der Waals surface area contributed by atoms with Crippen molar-refractivity contribution in [3.8, 4) is 0 Å². The lowest BCUT2D eigenvalue weighted by Crippen LogP contribution is -2.21. The summed E-state index contributed by atoms with van der Waals surface area (Å²) in [6.07, 6.45) is 5.69. The van der Waals surface area contributed by atoms with Gasteiger partial charge in [-0.25, -0.2) is 0 Å². The third kappa shape index (κ3) is 21.1. The molecule has 0 fully saturated rings. The highest BCUT2D eigenvalue weighted by molar-refractivity contribution is 6.70. The monoisotopic (exact) mass is 290 g/mol. The zero-order valence-electron chi connectivity index (χ0n) is 15.4. The third-order valence-corrected chi connectivity index (χ3v) is 1.91. The quantitative estimate of drug-likeness (QED) is 0.605. The van der Waals surface area contributed by atoms with Gasteiger partial charge in [0.25, 0.3) is 0 Å². The lowest BCUT2D eigenvalue weighted by molar-refractivity contribution is 1.09. The van der Waals surface area contributed by atoms with E-state index in [1.807, 2.05) is 33.8 Å². The van der Waals surface area contributed by atoms with Crippen LogP contribution >= 0.6 is 0 Å². The number of nitrogens with zero attached hydrogens (tertiary/aromatic N) is 2. The maximum atomic E-state index is 3.53. The highest BCUT2D eigenvalue weighted by Crippen LogP contribution is 1.86. The lowest BCUT2D eigenvalue weighted by atomic mass is 9.49. The number of hydrogen-bond donors (Lipinski definition) is 0. The van der Waals surface area contributed by atoms with Gasteiger partial charge in [0.05, 0.1) is 0 Å². The molecule has 1 heterocycles. The molecule has 0 bridgehead atoms. The molecule has 0 N–H and O–H groups in total. The number of benzene rings is 1. The molecule has 0 aliphatic carbocycles. The van der Waals surface area contributed by atoms with Crippen LogP contribution in [0.5, 0.6) is 0 Å². The molecular formula is C18H35BN2. The summed E-state index contributed by atoms with van der Waals surface area (Å²) < 4.78 is 0. The number of rotatable bonds is 1. The minimum atomic E-state index is 0.659. The Balaban J connectivity index is -0.000000230. The van der Waals surface area contributed by atoms with Gasteiger partial charge in [-0.15, -0.1) is 0 Å². The van der Waals surface area contributed by atoms with Gasteiger partial charge in [-0.2, -0.15) is 10.2 Å². The van der Waals surface area contributed by atoms with Crippen molar-refractivity contribution in [1.29, 1.82) is 0 Å². The average Bonchev–Trinajstić information content (AvgIpc) is 3.13. The predicted molar refractivity (Wildman–Crippen MR) is 104 cm³/mol. The first kappa shape index (κ1) is 24.6. The Labute approximate surface area is 133 Å². The van der Waals surface area contributed by atoms with Gasteiger partial charge in [0.2, 0.25) is 0 Å². The second-order valence-corrected chi connectivity index (χ2v) is 4.10.